The van der Waals surface area contributed by atoms with Crippen LogP contribution in [0.15, 0.2) is 34.7 Å². The van der Waals surface area contributed by atoms with Gasteiger partial charge in [0, 0.05) is 5.56 Å². The summed E-state index contributed by atoms with van der Waals surface area (Å²) in [5, 5.41) is 0. The molecule has 0 bridgehead atoms. The highest BCUT2D eigenvalue weighted by Gasteiger charge is 2.20. The molecule has 2 aromatic rings. The van der Waals surface area contributed by atoms with Gasteiger partial charge in [-0.1, -0.05) is 0 Å². The number of furan rings is 1. The Morgan fingerprint density at radius 2 is 1.48 bits per heavy atom. The zero-order valence-corrected chi connectivity index (χ0v) is 12.7. The quantitative estimate of drug-likeness (QED) is 0.631. The number of benzene rings is 1. The molecule has 2 rings (SSSR count). The van der Waals surface area contributed by atoms with Crippen LogP contribution in [-0.2, 0) is 14.2 Å². The molecule has 0 fully saturated rings. The van der Waals surface area contributed by atoms with E-state index in [1.54, 1.807) is 0 Å². The monoisotopic (exact) mass is 318 g/mol. The first kappa shape index (κ1) is 16.3. The van der Waals surface area contributed by atoms with Gasteiger partial charge in [0.1, 0.15) is 5.76 Å². The molecule has 1 aromatic carbocycles. The van der Waals surface area contributed by atoms with Gasteiger partial charge in [-0.05, 0) is 30.3 Å². The molecule has 0 unspecified atom stereocenters. The zero-order chi connectivity index (χ0) is 17.0. The van der Waals surface area contributed by atoms with E-state index in [0.717, 1.165) is 0 Å². The van der Waals surface area contributed by atoms with Crippen molar-refractivity contribution in [2.75, 3.05) is 21.3 Å². The Bertz CT molecular complexity index is 758. The van der Waals surface area contributed by atoms with Gasteiger partial charge in [-0.3, -0.25) is 0 Å². The molecule has 0 aliphatic carbocycles. The summed E-state index contributed by atoms with van der Waals surface area (Å²) < 4.78 is 19.3. The van der Waals surface area contributed by atoms with Crippen LogP contribution in [0.5, 0.6) is 0 Å². The summed E-state index contributed by atoms with van der Waals surface area (Å²) in [6.45, 7) is 0. The third-order valence-corrected chi connectivity index (χ3v) is 3.10. The molecule has 23 heavy (non-hydrogen) atoms. The molecule has 0 spiro atoms. The van der Waals surface area contributed by atoms with Crippen molar-refractivity contribution in [2.24, 2.45) is 0 Å². The summed E-state index contributed by atoms with van der Waals surface area (Å²) in [7, 11) is 3.71. The number of hydrogen-bond donors (Lipinski definition) is 0. The molecule has 7 heteroatoms. The standard InChI is InChI=1S/C16H14O7/c1-20-14(17)9-4-5-10(15(18)21-2)11(8-9)12-6-7-13(23-12)16(19)22-3/h4-8H,1-3H3. The number of hydrogen-bond acceptors (Lipinski definition) is 7. The summed E-state index contributed by atoms with van der Waals surface area (Å²) >= 11 is 0. The van der Waals surface area contributed by atoms with E-state index < -0.39 is 17.9 Å². The number of ether oxygens (including phenoxy) is 3. The average Bonchev–Trinajstić information content (AvgIpc) is 3.09. The van der Waals surface area contributed by atoms with Crippen molar-refractivity contribution >= 4 is 17.9 Å². The topological polar surface area (TPSA) is 92.0 Å². The fourth-order valence-corrected chi connectivity index (χ4v) is 1.97. The molecule has 1 heterocycles. The van der Waals surface area contributed by atoms with E-state index in [1.807, 2.05) is 0 Å². The highest BCUT2D eigenvalue weighted by molar-refractivity contribution is 6.00. The minimum absolute atomic E-state index is 0.0261. The van der Waals surface area contributed by atoms with Gasteiger partial charge in [-0.15, -0.1) is 0 Å². The summed E-state index contributed by atoms with van der Waals surface area (Å²) in [5.41, 5.74) is 0.715. The van der Waals surface area contributed by atoms with Gasteiger partial charge in [0.2, 0.25) is 5.76 Å². The van der Waals surface area contributed by atoms with Crippen LogP contribution in [0.2, 0.25) is 0 Å². The first-order chi connectivity index (χ1) is 11.0. The van der Waals surface area contributed by atoms with Crippen molar-refractivity contribution in [3.05, 3.63) is 47.2 Å². The first-order valence-corrected chi connectivity index (χ1v) is 6.51. The summed E-state index contributed by atoms with van der Waals surface area (Å²) in [6, 6.07) is 7.19. The van der Waals surface area contributed by atoms with Crippen LogP contribution >= 0.6 is 0 Å². The molecule has 1 aromatic heterocycles. The van der Waals surface area contributed by atoms with Crippen molar-refractivity contribution in [2.45, 2.75) is 0 Å². The van der Waals surface area contributed by atoms with E-state index in [-0.39, 0.29) is 22.6 Å². The predicted molar refractivity (Wildman–Crippen MR) is 78.2 cm³/mol. The molecule has 0 saturated heterocycles. The maximum Gasteiger partial charge on any atom is 0.373 e. The van der Waals surface area contributed by atoms with Crippen LogP contribution in [-0.4, -0.2) is 39.2 Å². The Balaban J connectivity index is 2.56. The summed E-state index contributed by atoms with van der Waals surface area (Å²) in [5.74, 6) is -1.63. The van der Waals surface area contributed by atoms with Crippen LogP contribution in [0.1, 0.15) is 31.3 Å². The average molecular weight is 318 g/mol. The second-order valence-corrected chi connectivity index (χ2v) is 4.40. The second-order valence-electron chi connectivity index (χ2n) is 4.40. The molecule has 0 radical (unpaired) electrons. The molecule has 0 N–H and O–H groups in total. The van der Waals surface area contributed by atoms with E-state index in [1.165, 1.54) is 51.7 Å². The van der Waals surface area contributed by atoms with Gasteiger partial charge in [0.25, 0.3) is 0 Å². The van der Waals surface area contributed by atoms with Crippen LogP contribution < -0.4 is 0 Å². The van der Waals surface area contributed by atoms with Crippen molar-refractivity contribution in [1.82, 2.24) is 0 Å². The third kappa shape index (κ3) is 3.23. The van der Waals surface area contributed by atoms with Crippen molar-refractivity contribution in [3.63, 3.8) is 0 Å². The molecule has 0 aliphatic heterocycles. The van der Waals surface area contributed by atoms with Gasteiger partial charge in [-0.2, -0.15) is 0 Å². The Labute approximate surface area is 131 Å². The maximum atomic E-state index is 11.9. The van der Waals surface area contributed by atoms with Gasteiger partial charge in [0.05, 0.1) is 32.5 Å². The number of carbonyl (C=O) groups is 3. The van der Waals surface area contributed by atoms with Crippen LogP contribution in [0, 0.1) is 0 Å². The lowest BCUT2D eigenvalue weighted by atomic mass is 10.0. The normalized spacial score (nSPS) is 10.0. The van der Waals surface area contributed by atoms with Crippen LogP contribution in [0.4, 0.5) is 0 Å². The Morgan fingerprint density at radius 1 is 0.826 bits per heavy atom. The molecule has 120 valence electrons. The smallest absolute Gasteiger partial charge is 0.373 e. The molecular weight excluding hydrogens is 304 g/mol. The molecular formula is C16H14O7. The Kier molecular flexibility index (Phi) is 4.80. The summed E-state index contributed by atoms with van der Waals surface area (Å²) in [6.07, 6.45) is 0. The van der Waals surface area contributed by atoms with Crippen molar-refractivity contribution in [1.29, 1.82) is 0 Å². The van der Waals surface area contributed by atoms with Gasteiger partial charge >= 0.3 is 17.9 Å². The Morgan fingerprint density at radius 3 is 2.09 bits per heavy atom. The van der Waals surface area contributed by atoms with Crippen LogP contribution in [0.3, 0.4) is 0 Å². The zero-order valence-electron chi connectivity index (χ0n) is 12.7. The summed E-state index contributed by atoms with van der Waals surface area (Å²) in [4.78, 5) is 35.0. The highest BCUT2D eigenvalue weighted by Crippen LogP contribution is 2.28. The molecule has 0 aliphatic rings. The van der Waals surface area contributed by atoms with E-state index >= 15 is 0 Å². The van der Waals surface area contributed by atoms with Crippen LogP contribution in [0.25, 0.3) is 11.3 Å². The largest absolute Gasteiger partial charge is 0.465 e. The number of esters is 3. The van der Waals surface area contributed by atoms with E-state index in [2.05, 4.69) is 9.47 Å². The first-order valence-electron chi connectivity index (χ1n) is 6.51. The predicted octanol–water partition coefficient (Wildman–Crippen LogP) is 2.31. The van der Waals surface area contributed by atoms with E-state index in [0.29, 0.717) is 5.56 Å². The Hall–Kier alpha value is -3.09. The third-order valence-electron chi connectivity index (χ3n) is 3.10. The fraction of sp³-hybridized carbons (Fsp3) is 0.188. The minimum Gasteiger partial charge on any atom is -0.465 e. The van der Waals surface area contributed by atoms with E-state index in [9.17, 15) is 14.4 Å². The fourth-order valence-electron chi connectivity index (χ4n) is 1.97. The van der Waals surface area contributed by atoms with Gasteiger partial charge in [0.15, 0.2) is 0 Å². The number of carbonyl (C=O) groups excluding carboxylic acids is 3. The lowest BCUT2D eigenvalue weighted by molar-refractivity contribution is 0.0563. The van der Waals surface area contributed by atoms with E-state index in [4.69, 9.17) is 9.15 Å². The molecule has 0 atom stereocenters. The van der Waals surface area contributed by atoms with Crippen molar-refractivity contribution < 1.29 is 33.0 Å². The lowest BCUT2D eigenvalue weighted by Crippen LogP contribution is -2.07. The maximum absolute atomic E-state index is 11.9. The van der Waals surface area contributed by atoms with Crippen molar-refractivity contribution in [3.8, 4) is 11.3 Å². The number of methoxy groups -OCH3 is 3. The molecule has 0 amide bonds. The minimum atomic E-state index is -0.653. The highest BCUT2D eigenvalue weighted by atomic mass is 16.5. The van der Waals surface area contributed by atoms with Gasteiger partial charge < -0.3 is 18.6 Å². The lowest BCUT2D eigenvalue weighted by Gasteiger charge is -2.08. The SMILES string of the molecule is COC(=O)c1ccc(C(=O)OC)c(-c2ccc(C(=O)OC)o2)c1. The second kappa shape index (κ2) is 6.78. The molecule has 0 saturated carbocycles. The number of rotatable bonds is 4. The molecule has 7 nitrogen and oxygen atoms in total. The van der Waals surface area contributed by atoms with Gasteiger partial charge in [-0.25, -0.2) is 14.4 Å².